The van der Waals surface area contributed by atoms with Gasteiger partial charge in [0.2, 0.25) is 5.91 Å². The van der Waals surface area contributed by atoms with E-state index >= 15 is 0 Å². The molecule has 6 nitrogen and oxygen atoms in total. The number of nitrogens with two attached hydrogens (primary N) is 1. The van der Waals surface area contributed by atoms with Crippen molar-refractivity contribution >= 4 is 11.6 Å². The van der Waals surface area contributed by atoms with Crippen LogP contribution in [0.5, 0.6) is 5.75 Å². The van der Waals surface area contributed by atoms with Crippen molar-refractivity contribution in [2.45, 2.75) is 12.8 Å². The molecule has 0 unspecified atom stereocenters. The van der Waals surface area contributed by atoms with Crippen LogP contribution in [0.4, 0.5) is 5.69 Å². The standard InChI is InChI=1S/C17H28N4O2/c1-20-9-11-21(12-10-20)13-14-23-16-6-4-15(5-7-16)19-17(22)3-2-8-18/h4-7H,2-3,8-14,18H2,1H3,(H,19,22). The highest BCUT2D eigenvalue weighted by atomic mass is 16.5. The Morgan fingerprint density at radius 2 is 1.91 bits per heavy atom. The molecule has 0 atom stereocenters. The molecule has 1 heterocycles. The van der Waals surface area contributed by atoms with E-state index in [2.05, 4.69) is 22.2 Å². The largest absolute Gasteiger partial charge is 0.492 e. The zero-order valence-electron chi connectivity index (χ0n) is 14.0. The van der Waals surface area contributed by atoms with E-state index in [4.69, 9.17) is 10.5 Å². The molecule has 0 radical (unpaired) electrons. The Labute approximate surface area is 138 Å². The van der Waals surface area contributed by atoms with Gasteiger partial charge in [-0.15, -0.1) is 0 Å². The lowest BCUT2D eigenvalue weighted by Crippen LogP contribution is -2.45. The quantitative estimate of drug-likeness (QED) is 0.747. The number of hydrogen-bond acceptors (Lipinski definition) is 5. The number of rotatable bonds is 8. The highest BCUT2D eigenvalue weighted by molar-refractivity contribution is 5.90. The Balaban J connectivity index is 1.67. The molecule has 23 heavy (non-hydrogen) atoms. The summed E-state index contributed by atoms with van der Waals surface area (Å²) < 4.78 is 5.78. The third-order valence-corrected chi connectivity index (χ3v) is 4.02. The van der Waals surface area contributed by atoms with Crippen molar-refractivity contribution in [1.29, 1.82) is 0 Å². The zero-order valence-corrected chi connectivity index (χ0v) is 14.0. The van der Waals surface area contributed by atoms with Gasteiger partial charge in [0.25, 0.3) is 0 Å². The van der Waals surface area contributed by atoms with E-state index in [-0.39, 0.29) is 5.91 Å². The lowest BCUT2D eigenvalue weighted by Gasteiger charge is -2.32. The highest BCUT2D eigenvalue weighted by Gasteiger charge is 2.13. The third kappa shape index (κ3) is 6.56. The summed E-state index contributed by atoms with van der Waals surface area (Å²) in [6.07, 6.45) is 1.17. The Hall–Kier alpha value is -1.63. The molecule has 1 fully saturated rings. The normalized spacial score (nSPS) is 16.3. The molecule has 128 valence electrons. The van der Waals surface area contributed by atoms with Gasteiger partial charge >= 0.3 is 0 Å². The summed E-state index contributed by atoms with van der Waals surface area (Å²) in [7, 11) is 2.16. The molecule has 1 aliphatic heterocycles. The number of nitrogens with zero attached hydrogens (tertiary/aromatic N) is 2. The summed E-state index contributed by atoms with van der Waals surface area (Å²) in [4.78, 5) is 16.4. The van der Waals surface area contributed by atoms with Crippen LogP contribution < -0.4 is 15.8 Å². The average Bonchev–Trinajstić information content (AvgIpc) is 2.56. The van der Waals surface area contributed by atoms with Gasteiger partial charge in [-0.25, -0.2) is 0 Å². The number of hydrogen-bond donors (Lipinski definition) is 2. The van der Waals surface area contributed by atoms with Gasteiger partial charge in [-0.2, -0.15) is 0 Å². The minimum Gasteiger partial charge on any atom is -0.492 e. The molecule has 0 aromatic heterocycles. The summed E-state index contributed by atoms with van der Waals surface area (Å²) >= 11 is 0. The zero-order chi connectivity index (χ0) is 16.5. The van der Waals surface area contributed by atoms with E-state index in [1.807, 2.05) is 24.3 Å². The first-order valence-electron chi connectivity index (χ1n) is 8.31. The van der Waals surface area contributed by atoms with Crippen molar-refractivity contribution < 1.29 is 9.53 Å². The predicted octanol–water partition coefficient (Wildman–Crippen LogP) is 0.990. The first kappa shape index (κ1) is 17.7. The number of amides is 1. The molecular formula is C17H28N4O2. The second kappa shape index (κ2) is 9.50. The number of carbonyl (C=O) groups excluding carboxylic acids is 1. The summed E-state index contributed by atoms with van der Waals surface area (Å²) in [6.45, 7) is 6.63. The van der Waals surface area contributed by atoms with Crippen LogP contribution in [0.1, 0.15) is 12.8 Å². The first-order chi connectivity index (χ1) is 11.2. The Morgan fingerprint density at radius 1 is 1.22 bits per heavy atom. The van der Waals surface area contributed by atoms with E-state index in [0.717, 1.165) is 44.2 Å². The minimum atomic E-state index is -0.000755. The molecular weight excluding hydrogens is 292 g/mol. The molecule has 1 saturated heterocycles. The number of nitrogens with one attached hydrogen (secondary N) is 1. The van der Waals surface area contributed by atoms with Crippen LogP contribution in [-0.2, 0) is 4.79 Å². The maximum Gasteiger partial charge on any atom is 0.224 e. The maximum atomic E-state index is 11.6. The van der Waals surface area contributed by atoms with Crippen molar-refractivity contribution in [1.82, 2.24) is 9.80 Å². The Bertz CT molecular complexity index is 470. The molecule has 1 aromatic carbocycles. The molecule has 0 spiro atoms. The predicted molar refractivity (Wildman–Crippen MR) is 92.8 cm³/mol. The Kier molecular flexibility index (Phi) is 7.32. The van der Waals surface area contributed by atoms with E-state index < -0.39 is 0 Å². The number of anilines is 1. The van der Waals surface area contributed by atoms with E-state index in [1.54, 1.807) is 0 Å². The summed E-state index contributed by atoms with van der Waals surface area (Å²) in [6, 6.07) is 7.52. The second-order valence-electron chi connectivity index (χ2n) is 5.96. The maximum absolute atomic E-state index is 11.6. The lowest BCUT2D eigenvalue weighted by molar-refractivity contribution is -0.116. The van der Waals surface area contributed by atoms with Crippen LogP contribution in [0.3, 0.4) is 0 Å². The lowest BCUT2D eigenvalue weighted by atomic mass is 10.2. The van der Waals surface area contributed by atoms with Crippen LogP contribution in [0.15, 0.2) is 24.3 Å². The van der Waals surface area contributed by atoms with Crippen LogP contribution in [0, 0.1) is 0 Å². The highest BCUT2D eigenvalue weighted by Crippen LogP contribution is 2.16. The van der Waals surface area contributed by atoms with Crippen LogP contribution in [-0.4, -0.2) is 68.6 Å². The first-order valence-corrected chi connectivity index (χ1v) is 8.31. The number of carbonyl (C=O) groups is 1. The van der Waals surface area contributed by atoms with Crippen molar-refractivity contribution in [2.24, 2.45) is 5.73 Å². The molecule has 6 heteroatoms. The van der Waals surface area contributed by atoms with Gasteiger partial charge in [-0.05, 0) is 44.3 Å². The molecule has 0 aliphatic carbocycles. The van der Waals surface area contributed by atoms with Gasteiger partial charge in [0.15, 0.2) is 0 Å². The number of benzene rings is 1. The summed E-state index contributed by atoms with van der Waals surface area (Å²) in [5.41, 5.74) is 6.19. The summed E-state index contributed by atoms with van der Waals surface area (Å²) in [5.74, 6) is 0.832. The minimum absolute atomic E-state index is 0.000755. The molecule has 1 aromatic rings. The molecule has 3 N–H and O–H groups in total. The summed E-state index contributed by atoms with van der Waals surface area (Å²) in [5, 5.41) is 2.85. The van der Waals surface area contributed by atoms with Gasteiger partial charge < -0.3 is 20.7 Å². The van der Waals surface area contributed by atoms with Crippen LogP contribution in [0.25, 0.3) is 0 Å². The molecule has 1 aliphatic rings. The fraction of sp³-hybridized carbons (Fsp3) is 0.588. The molecule has 1 amide bonds. The SMILES string of the molecule is CN1CCN(CCOc2ccc(NC(=O)CCCN)cc2)CC1. The second-order valence-corrected chi connectivity index (χ2v) is 5.96. The monoisotopic (exact) mass is 320 g/mol. The van der Waals surface area contributed by atoms with Crippen molar-refractivity contribution in [3.8, 4) is 5.75 Å². The number of piperazine rings is 1. The fourth-order valence-corrected chi connectivity index (χ4v) is 2.48. The molecule has 2 rings (SSSR count). The van der Waals surface area contributed by atoms with Gasteiger partial charge in [0.1, 0.15) is 12.4 Å². The van der Waals surface area contributed by atoms with Crippen molar-refractivity contribution in [3.05, 3.63) is 24.3 Å². The van der Waals surface area contributed by atoms with E-state index in [1.165, 1.54) is 0 Å². The van der Waals surface area contributed by atoms with Crippen LogP contribution >= 0.6 is 0 Å². The van der Waals surface area contributed by atoms with Gasteiger partial charge in [0, 0.05) is 44.8 Å². The van der Waals surface area contributed by atoms with Crippen LogP contribution in [0.2, 0.25) is 0 Å². The number of likely N-dealkylation sites (N-methyl/N-ethyl adjacent to an activating group) is 1. The average molecular weight is 320 g/mol. The van der Waals surface area contributed by atoms with Crippen molar-refractivity contribution in [3.63, 3.8) is 0 Å². The van der Waals surface area contributed by atoms with Gasteiger partial charge in [0.05, 0.1) is 0 Å². The van der Waals surface area contributed by atoms with Crippen molar-refractivity contribution in [2.75, 3.05) is 58.2 Å². The Morgan fingerprint density at radius 3 is 2.57 bits per heavy atom. The van der Waals surface area contributed by atoms with Gasteiger partial charge in [-0.3, -0.25) is 9.69 Å². The molecule has 0 saturated carbocycles. The van der Waals surface area contributed by atoms with E-state index in [9.17, 15) is 4.79 Å². The van der Waals surface area contributed by atoms with Gasteiger partial charge in [-0.1, -0.05) is 0 Å². The smallest absolute Gasteiger partial charge is 0.224 e. The van der Waals surface area contributed by atoms with E-state index in [0.29, 0.717) is 26.0 Å². The topological polar surface area (TPSA) is 70.8 Å². The molecule has 0 bridgehead atoms. The third-order valence-electron chi connectivity index (χ3n) is 4.02. The number of ether oxygens (including phenoxy) is 1. The fourth-order valence-electron chi connectivity index (χ4n) is 2.48.